The Morgan fingerprint density at radius 2 is 2.00 bits per heavy atom. The number of methoxy groups -OCH3 is 1. The third kappa shape index (κ3) is 4.64. The molecule has 136 valence electrons. The van der Waals surface area contributed by atoms with Crippen molar-refractivity contribution in [3.63, 3.8) is 0 Å². The Balaban J connectivity index is 1.72. The third-order valence-electron chi connectivity index (χ3n) is 3.56. The second kappa shape index (κ2) is 8.07. The number of hydrogen-bond donors (Lipinski definition) is 2. The lowest BCUT2D eigenvalue weighted by Gasteiger charge is -2.15. The molecular formula is C17H21N7OS. The Morgan fingerprint density at radius 1 is 1.19 bits per heavy atom. The molecule has 0 aliphatic heterocycles. The molecule has 3 rings (SSSR count). The van der Waals surface area contributed by atoms with Gasteiger partial charge in [0, 0.05) is 17.6 Å². The van der Waals surface area contributed by atoms with Crippen molar-refractivity contribution in [2.75, 3.05) is 25.2 Å². The van der Waals surface area contributed by atoms with E-state index in [4.69, 9.17) is 10.5 Å². The van der Waals surface area contributed by atoms with Gasteiger partial charge in [-0.2, -0.15) is 15.0 Å². The van der Waals surface area contributed by atoms with Crippen LogP contribution in [0.1, 0.15) is 15.7 Å². The number of nitrogen functional groups attached to an aromatic ring is 1. The van der Waals surface area contributed by atoms with Gasteiger partial charge in [-0.3, -0.25) is 4.90 Å². The molecule has 0 saturated heterocycles. The predicted molar refractivity (Wildman–Crippen MR) is 103 cm³/mol. The van der Waals surface area contributed by atoms with Crippen LogP contribution in [0.25, 0.3) is 0 Å². The van der Waals surface area contributed by atoms with Crippen LogP contribution < -0.4 is 15.8 Å². The van der Waals surface area contributed by atoms with E-state index in [0.717, 1.165) is 17.2 Å². The van der Waals surface area contributed by atoms with E-state index in [1.165, 1.54) is 4.88 Å². The zero-order valence-electron chi connectivity index (χ0n) is 14.9. The Morgan fingerprint density at radius 3 is 2.73 bits per heavy atom. The fourth-order valence-electron chi connectivity index (χ4n) is 2.47. The number of ether oxygens (including phenoxy) is 1. The second-order valence-corrected chi connectivity index (χ2v) is 7.10. The lowest BCUT2D eigenvalue weighted by molar-refractivity contribution is 0.313. The first-order chi connectivity index (χ1) is 12.5. The number of nitrogens with one attached hydrogen (secondary N) is 1. The van der Waals surface area contributed by atoms with Gasteiger partial charge in [0.05, 0.1) is 24.3 Å². The zero-order valence-corrected chi connectivity index (χ0v) is 15.7. The van der Waals surface area contributed by atoms with Crippen LogP contribution in [0.5, 0.6) is 5.75 Å². The standard InChI is InChI=1S/C17H21N7OS/c1-11-19-8-12(26-11)9-24(2)10-15-21-16(18)23-17(22-15)20-13-6-4-5-7-14(13)25-3/h4-8H,9-10H2,1-3H3,(H3,18,20,21,22,23). The van der Waals surface area contributed by atoms with Crippen molar-refractivity contribution in [2.45, 2.75) is 20.0 Å². The minimum absolute atomic E-state index is 0.175. The zero-order chi connectivity index (χ0) is 18.5. The molecule has 0 bridgehead atoms. The van der Waals surface area contributed by atoms with Crippen LogP contribution in [-0.2, 0) is 13.1 Å². The number of nitrogens with two attached hydrogens (primary N) is 1. The van der Waals surface area contributed by atoms with Gasteiger partial charge in [-0.1, -0.05) is 12.1 Å². The molecule has 3 N–H and O–H groups in total. The Hall–Kier alpha value is -2.78. The van der Waals surface area contributed by atoms with Crippen molar-refractivity contribution < 1.29 is 4.74 Å². The topological polar surface area (TPSA) is 102 Å². The molecule has 2 aromatic heterocycles. The molecule has 0 amide bonds. The Bertz CT molecular complexity index is 883. The van der Waals surface area contributed by atoms with Crippen molar-refractivity contribution in [1.29, 1.82) is 0 Å². The Labute approximate surface area is 156 Å². The van der Waals surface area contributed by atoms with Crippen LogP contribution >= 0.6 is 11.3 Å². The molecule has 0 fully saturated rings. The molecule has 2 heterocycles. The van der Waals surface area contributed by atoms with E-state index in [1.807, 2.05) is 44.4 Å². The van der Waals surface area contributed by atoms with Crippen molar-refractivity contribution in [3.05, 3.63) is 46.2 Å². The van der Waals surface area contributed by atoms with Crippen LogP contribution in [0.2, 0.25) is 0 Å². The lowest BCUT2D eigenvalue weighted by atomic mass is 10.3. The number of rotatable bonds is 7. The molecule has 0 radical (unpaired) electrons. The quantitative estimate of drug-likeness (QED) is 0.653. The van der Waals surface area contributed by atoms with Gasteiger partial charge < -0.3 is 15.8 Å². The van der Waals surface area contributed by atoms with E-state index in [9.17, 15) is 0 Å². The van der Waals surface area contributed by atoms with Gasteiger partial charge in [-0.05, 0) is 26.1 Å². The van der Waals surface area contributed by atoms with Gasteiger partial charge in [0.15, 0.2) is 0 Å². The summed E-state index contributed by atoms with van der Waals surface area (Å²) in [5, 5.41) is 4.19. The van der Waals surface area contributed by atoms with E-state index in [1.54, 1.807) is 18.4 Å². The van der Waals surface area contributed by atoms with Crippen molar-refractivity contribution >= 4 is 28.9 Å². The summed E-state index contributed by atoms with van der Waals surface area (Å²) < 4.78 is 5.33. The summed E-state index contributed by atoms with van der Waals surface area (Å²) in [4.78, 5) is 20.4. The molecule has 26 heavy (non-hydrogen) atoms. The lowest BCUT2D eigenvalue weighted by Crippen LogP contribution is -2.19. The maximum Gasteiger partial charge on any atom is 0.232 e. The van der Waals surface area contributed by atoms with Crippen molar-refractivity contribution in [3.8, 4) is 5.75 Å². The number of anilines is 3. The van der Waals surface area contributed by atoms with Crippen LogP contribution in [0, 0.1) is 6.92 Å². The fraction of sp³-hybridized carbons (Fsp3) is 0.294. The summed E-state index contributed by atoms with van der Waals surface area (Å²) in [6.07, 6.45) is 1.90. The molecule has 0 saturated carbocycles. The van der Waals surface area contributed by atoms with Crippen LogP contribution in [0.15, 0.2) is 30.5 Å². The molecule has 3 aromatic rings. The summed E-state index contributed by atoms with van der Waals surface area (Å²) in [7, 11) is 3.62. The highest BCUT2D eigenvalue weighted by Gasteiger charge is 2.11. The molecule has 8 nitrogen and oxygen atoms in total. The van der Waals surface area contributed by atoms with Gasteiger partial charge in [-0.25, -0.2) is 4.98 Å². The van der Waals surface area contributed by atoms with Crippen LogP contribution in [0.3, 0.4) is 0 Å². The average Bonchev–Trinajstić information content (AvgIpc) is 2.99. The number of benzene rings is 1. The highest BCUT2D eigenvalue weighted by Crippen LogP contribution is 2.25. The molecule has 0 aliphatic rings. The van der Waals surface area contributed by atoms with Crippen LogP contribution in [0.4, 0.5) is 17.6 Å². The Kier molecular flexibility index (Phi) is 5.59. The summed E-state index contributed by atoms with van der Waals surface area (Å²) >= 11 is 1.68. The van der Waals surface area contributed by atoms with E-state index in [-0.39, 0.29) is 5.95 Å². The molecule has 1 aromatic carbocycles. The summed E-state index contributed by atoms with van der Waals surface area (Å²) in [6.45, 7) is 3.31. The number of hydrogen-bond acceptors (Lipinski definition) is 9. The third-order valence-corrected chi connectivity index (χ3v) is 4.46. The first kappa shape index (κ1) is 18.0. The van der Waals surface area contributed by atoms with Crippen molar-refractivity contribution in [2.24, 2.45) is 0 Å². The van der Waals surface area contributed by atoms with Crippen LogP contribution in [-0.4, -0.2) is 39.0 Å². The predicted octanol–water partition coefficient (Wildman–Crippen LogP) is 2.60. The maximum absolute atomic E-state index is 5.86. The number of thiazole rings is 1. The summed E-state index contributed by atoms with van der Waals surface area (Å²) in [6, 6.07) is 7.55. The van der Waals surface area contributed by atoms with E-state index in [2.05, 4.69) is 30.2 Å². The largest absolute Gasteiger partial charge is 0.495 e. The molecule has 0 spiro atoms. The summed E-state index contributed by atoms with van der Waals surface area (Å²) in [5.41, 5.74) is 6.62. The van der Waals surface area contributed by atoms with E-state index < -0.39 is 0 Å². The fourth-order valence-corrected chi connectivity index (χ4v) is 3.35. The highest BCUT2D eigenvalue weighted by molar-refractivity contribution is 7.11. The highest BCUT2D eigenvalue weighted by atomic mass is 32.1. The minimum Gasteiger partial charge on any atom is -0.495 e. The number of para-hydroxylation sites is 2. The normalized spacial score (nSPS) is 10.9. The molecule has 0 aliphatic carbocycles. The minimum atomic E-state index is 0.175. The SMILES string of the molecule is COc1ccccc1Nc1nc(N)nc(CN(C)Cc2cnc(C)s2)n1. The number of aromatic nitrogens is 4. The maximum atomic E-state index is 5.86. The van der Waals surface area contributed by atoms with Gasteiger partial charge in [0.1, 0.15) is 11.6 Å². The van der Waals surface area contributed by atoms with Gasteiger partial charge >= 0.3 is 0 Å². The first-order valence-corrected chi connectivity index (χ1v) is 8.85. The monoisotopic (exact) mass is 371 g/mol. The molecule has 0 unspecified atom stereocenters. The van der Waals surface area contributed by atoms with Crippen molar-refractivity contribution in [1.82, 2.24) is 24.8 Å². The molecule has 0 atom stereocenters. The number of nitrogens with zero attached hydrogens (tertiary/aromatic N) is 5. The molecule has 9 heteroatoms. The first-order valence-electron chi connectivity index (χ1n) is 8.04. The average molecular weight is 371 g/mol. The number of aryl methyl sites for hydroxylation is 1. The van der Waals surface area contributed by atoms with Gasteiger partial charge in [-0.15, -0.1) is 11.3 Å². The summed E-state index contributed by atoms with van der Waals surface area (Å²) in [5.74, 6) is 1.86. The van der Waals surface area contributed by atoms with E-state index in [0.29, 0.717) is 24.1 Å². The smallest absolute Gasteiger partial charge is 0.232 e. The van der Waals surface area contributed by atoms with E-state index >= 15 is 0 Å². The molecular weight excluding hydrogens is 350 g/mol. The van der Waals surface area contributed by atoms with Gasteiger partial charge in [0.25, 0.3) is 0 Å². The second-order valence-electron chi connectivity index (χ2n) is 5.78. The van der Waals surface area contributed by atoms with Gasteiger partial charge in [0.2, 0.25) is 11.9 Å².